The molecule has 0 saturated heterocycles. The number of rotatable bonds is 3. The van der Waals surface area contributed by atoms with Crippen molar-refractivity contribution in [2.75, 3.05) is 0 Å². The molecule has 1 nitrogen and oxygen atoms in total. The molecule has 2 aromatic heterocycles. The van der Waals surface area contributed by atoms with Gasteiger partial charge >= 0.3 is 0 Å². The van der Waals surface area contributed by atoms with Crippen molar-refractivity contribution < 1.29 is 4.42 Å². The number of hydrogen-bond acceptors (Lipinski definition) is 2. The second kappa shape index (κ2) is 18.3. The molecule has 0 saturated carbocycles. The minimum Gasteiger partial charge on any atom is -0.456 e. The molecule has 0 amide bonds. The Morgan fingerprint density at radius 3 is 1.31 bits per heavy atom. The van der Waals surface area contributed by atoms with Gasteiger partial charge < -0.3 is 4.42 Å². The molecule has 0 spiro atoms. The van der Waals surface area contributed by atoms with Crippen LogP contribution >= 0.6 is 11.3 Å². The van der Waals surface area contributed by atoms with Crippen LogP contribution in [-0.2, 0) is 21.7 Å². The lowest BCUT2D eigenvalue weighted by atomic mass is 9.81. The minimum absolute atomic E-state index is 0.0628. The Hall–Kier alpha value is -7.00. The Balaban J connectivity index is 0.000000123. The van der Waals surface area contributed by atoms with Gasteiger partial charge in [0.15, 0.2) is 0 Å². The molecule has 354 valence electrons. The second-order valence-corrected chi connectivity index (χ2v) is 24.1. The summed E-state index contributed by atoms with van der Waals surface area (Å²) in [5.41, 5.74) is 19.9. The molecule has 1 aliphatic rings. The summed E-state index contributed by atoms with van der Waals surface area (Å²) in [5, 5.41) is 5.08. The molecule has 0 unspecified atom stereocenters. The number of fused-ring (bicyclic) bond motifs is 9. The van der Waals surface area contributed by atoms with Crippen molar-refractivity contribution in [3.05, 3.63) is 228 Å². The van der Waals surface area contributed by atoms with Crippen LogP contribution < -0.4 is 0 Å². The van der Waals surface area contributed by atoms with E-state index in [0.717, 1.165) is 11.2 Å². The zero-order valence-electron chi connectivity index (χ0n) is 43.4. The van der Waals surface area contributed by atoms with E-state index in [2.05, 4.69) is 264 Å². The molecular weight excluding hydrogens is 877 g/mol. The van der Waals surface area contributed by atoms with E-state index in [1.807, 2.05) is 23.5 Å². The Labute approximate surface area is 425 Å². The van der Waals surface area contributed by atoms with Crippen LogP contribution in [0, 0.1) is 0 Å². The van der Waals surface area contributed by atoms with E-state index < -0.39 is 0 Å². The fraction of sp³-hybridized carbons (Fsp3) is 0.217. The van der Waals surface area contributed by atoms with Crippen molar-refractivity contribution >= 4 is 53.4 Å². The van der Waals surface area contributed by atoms with Crippen LogP contribution in [0.1, 0.15) is 104 Å². The summed E-state index contributed by atoms with van der Waals surface area (Å²) in [4.78, 5) is 0. The summed E-state index contributed by atoms with van der Waals surface area (Å²) >= 11 is 1.88. The van der Waals surface area contributed by atoms with Crippen molar-refractivity contribution in [3.63, 3.8) is 0 Å². The molecule has 11 aromatic rings. The van der Waals surface area contributed by atoms with Crippen LogP contribution in [0.5, 0.6) is 0 Å². The highest BCUT2D eigenvalue weighted by molar-refractivity contribution is 7.25. The summed E-state index contributed by atoms with van der Waals surface area (Å²) in [6.45, 7) is 24.9. The first kappa shape index (κ1) is 47.7. The Bertz CT molecular complexity index is 3520. The zero-order valence-corrected chi connectivity index (χ0v) is 44.2. The molecule has 0 bridgehead atoms. The van der Waals surface area contributed by atoms with Crippen LogP contribution in [0.15, 0.2) is 205 Å². The van der Waals surface area contributed by atoms with Gasteiger partial charge in [-0.2, -0.15) is 0 Å². The molecular formula is C69H66OS. The third kappa shape index (κ3) is 9.51. The van der Waals surface area contributed by atoms with Crippen molar-refractivity contribution in [1.29, 1.82) is 0 Å². The summed E-state index contributed by atoms with van der Waals surface area (Å²) < 4.78 is 8.72. The third-order valence-electron chi connectivity index (χ3n) is 14.6. The predicted molar refractivity (Wildman–Crippen MR) is 309 cm³/mol. The van der Waals surface area contributed by atoms with Crippen LogP contribution in [0.2, 0.25) is 0 Å². The molecule has 0 atom stereocenters. The molecule has 71 heavy (non-hydrogen) atoms. The Morgan fingerprint density at radius 2 is 0.732 bits per heavy atom. The van der Waals surface area contributed by atoms with E-state index in [4.69, 9.17) is 4.42 Å². The number of para-hydroxylation sites is 1. The van der Waals surface area contributed by atoms with E-state index in [-0.39, 0.29) is 21.7 Å². The fourth-order valence-electron chi connectivity index (χ4n) is 10.2. The average Bonchev–Trinajstić information content (AvgIpc) is 4.00. The first-order valence-electron chi connectivity index (χ1n) is 25.2. The van der Waals surface area contributed by atoms with Crippen LogP contribution in [0.3, 0.4) is 0 Å². The molecule has 9 aromatic carbocycles. The van der Waals surface area contributed by atoms with Crippen molar-refractivity contribution in [2.45, 2.75) is 97.8 Å². The molecule has 0 N–H and O–H groups in total. The maximum atomic E-state index is 5.99. The van der Waals surface area contributed by atoms with Gasteiger partial charge in [0.2, 0.25) is 0 Å². The van der Waals surface area contributed by atoms with Crippen molar-refractivity contribution in [1.82, 2.24) is 0 Å². The zero-order chi connectivity index (χ0) is 49.9. The normalized spacial score (nSPS) is 13.1. The van der Waals surface area contributed by atoms with Crippen molar-refractivity contribution in [2.24, 2.45) is 0 Å². The molecule has 0 aliphatic heterocycles. The molecule has 2 heterocycles. The van der Waals surface area contributed by atoms with Gasteiger partial charge in [0.05, 0.1) is 0 Å². The van der Waals surface area contributed by atoms with Gasteiger partial charge in [-0.1, -0.05) is 240 Å². The number of benzene rings is 9. The van der Waals surface area contributed by atoms with Gasteiger partial charge in [0, 0.05) is 36.4 Å². The number of furan rings is 1. The van der Waals surface area contributed by atoms with Crippen LogP contribution in [-0.4, -0.2) is 0 Å². The summed E-state index contributed by atoms with van der Waals surface area (Å²) in [5.74, 6) is 0. The average molecular weight is 943 g/mol. The molecule has 0 fully saturated rings. The van der Waals surface area contributed by atoms with Gasteiger partial charge in [-0.25, -0.2) is 0 Å². The summed E-state index contributed by atoms with van der Waals surface area (Å²) in [6, 6.07) is 72.8. The van der Waals surface area contributed by atoms with Gasteiger partial charge in [0.1, 0.15) is 11.2 Å². The summed E-state index contributed by atoms with van der Waals surface area (Å²) in [6.07, 6.45) is 0. The highest BCUT2D eigenvalue weighted by Crippen LogP contribution is 2.49. The van der Waals surface area contributed by atoms with Crippen LogP contribution in [0.25, 0.3) is 86.6 Å². The SMILES string of the molecule is CC(C)(C)c1ccc(-c2ccc3c(c2)C(C)(C)c2ccccc2-3)cc1.CC(C)(C)c1ccc(-c2ccc3c(c2)oc2ccccc23)cc1.CC(C)(C)c1ccc(-c2ccc3c(c2)sc2ccccc23)cc1. The monoisotopic (exact) mass is 942 g/mol. The van der Waals surface area contributed by atoms with E-state index in [0.29, 0.717) is 0 Å². The second-order valence-electron chi connectivity index (χ2n) is 23.0. The van der Waals surface area contributed by atoms with E-state index in [9.17, 15) is 0 Å². The lowest BCUT2D eigenvalue weighted by Gasteiger charge is -2.22. The summed E-state index contributed by atoms with van der Waals surface area (Å²) in [7, 11) is 0. The van der Waals surface area contributed by atoms with E-state index in [1.165, 1.54) is 103 Å². The quantitative estimate of drug-likeness (QED) is 0.172. The Kier molecular flexibility index (Phi) is 12.3. The standard InChI is InChI=1S/C25H26.C22H20O.C22H20S/c1-24(2,3)19-13-10-17(11-14-19)18-12-15-21-20-8-6-7-9-22(20)25(4,5)23(21)16-18;2*1-22(2,3)17-11-8-15(9-12-17)16-10-13-19-18-6-4-5-7-20(18)23-21(19)14-16/h6-16H,1-5H3;2*4-14H,1-3H3. The largest absolute Gasteiger partial charge is 0.456 e. The molecule has 12 rings (SSSR count). The first-order chi connectivity index (χ1) is 33.8. The van der Waals surface area contributed by atoms with Gasteiger partial charge in [-0.15, -0.1) is 11.3 Å². The first-order valence-corrected chi connectivity index (χ1v) is 26.0. The molecule has 2 heteroatoms. The van der Waals surface area contributed by atoms with Gasteiger partial charge in [0.25, 0.3) is 0 Å². The van der Waals surface area contributed by atoms with Gasteiger partial charge in [-0.05, 0) is 125 Å². The fourth-order valence-corrected chi connectivity index (χ4v) is 11.3. The highest BCUT2D eigenvalue weighted by atomic mass is 32.1. The van der Waals surface area contributed by atoms with Gasteiger partial charge in [-0.3, -0.25) is 0 Å². The Morgan fingerprint density at radius 1 is 0.324 bits per heavy atom. The number of thiophene rings is 1. The third-order valence-corrected chi connectivity index (χ3v) is 15.7. The topological polar surface area (TPSA) is 13.1 Å². The lowest BCUT2D eigenvalue weighted by molar-refractivity contribution is 0.590. The van der Waals surface area contributed by atoms with E-state index in [1.54, 1.807) is 0 Å². The lowest BCUT2D eigenvalue weighted by Crippen LogP contribution is -2.14. The maximum Gasteiger partial charge on any atom is 0.136 e. The van der Waals surface area contributed by atoms with E-state index >= 15 is 0 Å². The van der Waals surface area contributed by atoms with Crippen molar-refractivity contribution in [3.8, 4) is 44.5 Å². The predicted octanol–water partition coefficient (Wildman–Crippen LogP) is 20.5. The number of hydrogen-bond donors (Lipinski definition) is 0. The molecule has 1 aliphatic carbocycles. The molecule has 0 radical (unpaired) electrons. The smallest absolute Gasteiger partial charge is 0.136 e. The highest BCUT2D eigenvalue weighted by Gasteiger charge is 2.35. The van der Waals surface area contributed by atoms with Crippen LogP contribution in [0.4, 0.5) is 0 Å². The maximum absolute atomic E-state index is 5.99. The minimum atomic E-state index is 0.0628.